The van der Waals surface area contributed by atoms with E-state index in [0.717, 1.165) is 18.8 Å². The Kier molecular flexibility index (Phi) is 3.19. The van der Waals surface area contributed by atoms with Crippen LogP contribution in [0.2, 0.25) is 0 Å². The number of hydrogen-bond donors (Lipinski definition) is 1. The predicted octanol–water partition coefficient (Wildman–Crippen LogP) is 0.0864. The van der Waals surface area contributed by atoms with E-state index in [-0.39, 0.29) is 17.7 Å². The van der Waals surface area contributed by atoms with Crippen LogP contribution in [0.25, 0.3) is 0 Å². The Morgan fingerprint density at radius 3 is 3.00 bits per heavy atom. The van der Waals surface area contributed by atoms with Crippen LogP contribution in [-0.2, 0) is 9.59 Å². The number of rotatable bonds is 1. The molecule has 1 N–H and O–H groups in total. The Labute approximate surface area is 93.8 Å². The van der Waals surface area contributed by atoms with Crippen molar-refractivity contribution in [1.29, 1.82) is 0 Å². The van der Waals surface area contributed by atoms with Gasteiger partial charge in [-0.25, -0.2) is 0 Å². The third kappa shape index (κ3) is 2.45. The maximum Gasteiger partial charge on any atom is 0.228 e. The summed E-state index contributed by atoms with van der Waals surface area (Å²) in [6.07, 6.45) is 0.372. The summed E-state index contributed by atoms with van der Waals surface area (Å²) in [5.41, 5.74) is 0. The molecule has 2 aliphatic heterocycles. The van der Waals surface area contributed by atoms with Crippen LogP contribution in [0.3, 0.4) is 0 Å². The van der Waals surface area contributed by atoms with Gasteiger partial charge >= 0.3 is 0 Å². The van der Waals surface area contributed by atoms with Gasteiger partial charge in [-0.05, 0) is 0 Å². The molecular weight excluding hydrogens is 212 g/mol. The molecule has 2 unspecified atom stereocenters. The minimum Gasteiger partial charge on any atom is -0.355 e. The molecule has 2 heterocycles. The summed E-state index contributed by atoms with van der Waals surface area (Å²) in [7, 11) is 0. The van der Waals surface area contributed by atoms with Crippen LogP contribution in [0.5, 0.6) is 0 Å². The first-order valence-corrected chi connectivity index (χ1v) is 6.39. The molecule has 0 saturated carbocycles. The van der Waals surface area contributed by atoms with E-state index in [2.05, 4.69) is 12.2 Å². The molecule has 84 valence electrons. The van der Waals surface area contributed by atoms with Gasteiger partial charge in [-0.1, -0.05) is 6.92 Å². The smallest absolute Gasteiger partial charge is 0.228 e. The van der Waals surface area contributed by atoms with Gasteiger partial charge in [-0.15, -0.1) is 0 Å². The summed E-state index contributed by atoms with van der Waals surface area (Å²) in [6.45, 7) is 4.32. The molecule has 0 aromatic carbocycles. The van der Waals surface area contributed by atoms with Crippen molar-refractivity contribution < 1.29 is 9.59 Å². The molecule has 2 aliphatic rings. The summed E-state index contributed by atoms with van der Waals surface area (Å²) < 4.78 is 0. The van der Waals surface area contributed by atoms with Crippen molar-refractivity contribution in [3.05, 3.63) is 0 Å². The molecule has 2 saturated heterocycles. The Morgan fingerprint density at radius 2 is 2.40 bits per heavy atom. The minimum atomic E-state index is -0.118. The van der Waals surface area contributed by atoms with E-state index in [9.17, 15) is 9.59 Å². The summed E-state index contributed by atoms with van der Waals surface area (Å²) in [5.74, 6) is 1.06. The van der Waals surface area contributed by atoms with Crippen molar-refractivity contribution in [3.8, 4) is 0 Å². The van der Waals surface area contributed by atoms with E-state index in [4.69, 9.17) is 0 Å². The molecule has 2 amide bonds. The van der Waals surface area contributed by atoms with E-state index in [1.807, 2.05) is 16.7 Å². The number of nitrogens with one attached hydrogen (secondary N) is 1. The third-order valence-corrected chi connectivity index (χ3v) is 4.02. The lowest BCUT2D eigenvalue weighted by Crippen LogP contribution is -2.44. The van der Waals surface area contributed by atoms with Crippen LogP contribution in [0.4, 0.5) is 0 Å². The number of nitrogens with zero attached hydrogens (tertiary/aromatic N) is 1. The first-order chi connectivity index (χ1) is 7.16. The number of amides is 2. The Hall–Kier alpha value is -0.710. The molecule has 0 aliphatic carbocycles. The van der Waals surface area contributed by atoms with E-state index < -0.39 is 0 Å². The Morgan fingerprint density at radius 1 is 1.60 bits per heavy atom. The van der Waals surface area contributed by atoms with Gasteiger partial charge in [0, 0.05) is 37.1 Å². The lowest BCUT2D eigenvalue weighted by molar-refractivity contribution is -0.135. The van der Waals surface area contributed by atoms with Crippen molar-refractivity contribution >= 4 is 23.6 Å². The molecule has 5 heteroatoms. The van der Waals surface area contributed by atoms with Crippen LogP contribution in [-0.4, -0.2) is 47.4 Å². The fraction of sp³-hybridized carbons (Fsp3) is 0.800. The van der Waals surface area contributed by atoms with Crippen LogP contribution in [0.1, 0.15) is 13.3 Å². The minimum absolute atomic E-state index is 0.00721. The van der Waals surface area contributed by atoms with Gasteiger partial charge in [0.25, 0.3) is 0 Å². The first-order valence-electron chi connectivity index (χ1n) is 5.34. The summed E-state index contributed by atoms with van der Waals surface area (Å²) in [6, 6.07) is 0. The second-order valence-corrected chi connectivity index (χ2v) is 5.72. The SMILES string of the molecule is CC1CN(C(=O)C2CNC(=O)C2)CCS1. The van der Waals surface area contributed by atoms with Crippen molar-refractivity contribution in [1.82, 2.24) is 10.2 Å². The van der Waals surface area contributed by atoms with Crippen molar-refractivity contribution in [2.45, 2.75) is 18.6 Å². The highest BCUT2D eigenvalue weighted by atomic mass is 32.2. The second kappa shape index (κ2) is 4.43. The zero-order valence-electron chi connectivity index (χ0n) is 8.86. The Balaban J connectivity index is 1.92. The standard InChI is InChI=1S/C10H16N2O2S/c1-7-6-12(2-3-15-7)10(14)8-4-9(13)11-5-8/h7-8H,2-6H2,1H3,(H,11,13). The first kappa shape index (κ1) is 10.8. The quantitative estimate of drug-likeness (QED) is 0.692. The zero-order valence-corrected chi connectivity index (χ0v) is 9.68. The summed E-state index contributed by atoms with van der Waals surface area (Å²) in [4.78, 5) is 24.9. The van der Waals surface area contributed by atoms with Gasteiger partial charge < -0.3 is 10.2 Å². The van der Waals surface area contributed by atoms with Crippen molar-refractivity contribution in [2.75, 3.05) is 25.4 Å². The fourth-order valence-electron chi connectivity index (χ4n) is 2.06. The zero-order chi connectivity index (χ0) is 10.8. The number of carbonyl (C=O) groups excluding carboxylic acids is 2. The molecule has 2 fully saturated rings. The molecule has 0 bridgehead atoms. The molecule has 0 radical (unpaired) electrons. The van der Waals surface area contributed by atoms with Gasteiger partial charge in [-0.3, -0.25) is 9.59 Å². The lowest BCUT2D eigenvalue weighted by Gasteiger charge is -2.32. The van der Waals surface area contributed by atoms with Crippen LogP contribution < -0.4 is 5.32 Å². The number of thioether (sulfide) groups is 1. The van der Waals surface area contributed by atoms with E-state index in [1.54, 1.807) is 0 Å². The summed E-state index contributed by atoms with van der Waals surface area (Å²) in [5, 5.41) is 3.23. The van der Waals surface area contributed by atoms with Crippen LogP contribution in [0.15, 0.2) is 0 Å². The third-order valence-electron chi connectivity index (χ3n) is 2.88. The summed E-state index contributed by atoms with van der Waals surface area (Å²) >= 11 is 1.91. The molecule has 2 rings (SSSR count). The normalized spacial score (nSPS) is 31.5. The highest BCUT2D eigenvalue weighted by Crippen LogP contribution is 2.21. The second-order valence-electron chi connectivity index (χ2n) is 4.17. The van der Waals surface area contributed by atoms with Crippen molar-refractivity contribution in [3.63, 3.8) is 0 Å². The molecule has 0 spiro atoms. The largest absolute Gasteiger partial charge is 0.355 e. The van der Waals surface area contributed by atoms with Gasteiger partial charge in [0.05, 0.1) is 5.92 Å². The molecule has 0 aromatic rings. The monoisotopic (exact) mass is 228 g/mol. The maximum atomic E-state index is 12.0. The number of hydrogen-bond acceptors (Lipinski definition) is 3. The lowest BCUT2D eigenvalue weighted by atomic mass is 10.1. The highest BCUT2D eigenvalue weighted by Gasteiger charge is 2.32. The molecule has 4 nitrogen and oxygen atoms in total. The Bertz CT molecular complexity index is 283. The van der Waals surface area contributed by atoms with Crippen LogP contribution >= 0.6 is 11.8 Å². The van der Waals surface area contributed by atoms with Gasteiger partial charge in [0.15, 0.2) is 0 Å². The van der Waals surface area contributed by atoms with E-state index in [0.29, 0.717) is 18.2 Å². The average Bonchev–Trinajstić information content (AvgIpc) is 2.64. The van der Waals surface area contributed by atoms with Crippen molar-refractivity contribution in [2.24, 2.45) is 5.92 Å². The topological polar surface area (TPSA) is 49.4 Å². The molecule has 15 heavy (non-hydrogen) atoms. The maximum absolute atomic E-state index is 12.0. The predicted molar refractivity (Wildman–Crippen MR) is 59.6 cm³/mol. The van der Waals surface area contributed by atoms with E-state index >= 15 is 0 Å². The van der Waals surface area contributed by atoms with E-state index in [1.165, 1.54) is 0 Å². The molecule has 2 atom stereocenters. The fourth-order valence-corrected chi connectivity index (χ4v) is 3.07. The number of carbonyl (C=O) groups is 2. The van der Waals surface area contributed by atoms with Gasteiger partial charge in [0.2, 0.25) is 11.8 Å². The average molecular weight is 228 g/mol. The van der Waals surface area contributed by atoms with Gasteiger partial charge in [0.1, 0.15) is 0 Å². The van der Waals surface area contributed by atoms with Gasteiger partial charge in [-0.2, -0.15) is 11.8 Å². The molecule has 0 aromatic heterocycles. The van der Waals surface area contributed by atoms with Crippen LogP contribution in [0, 0.1) is 5.92 Å². The highest BCUT2D eigenvalue weighted by molar-refractivity contribution is 7.99. The molecular formula is C10H16N2O2S.